The molecule has 3 nitrogen and oxygen atoms in total. The zero-order valence-electron chi connectivity index (χ0n) is 12.0. The number of aliphatic hydroxyl groups excluding tert-OH is 1. The van der Waals surface area contributed by atoms with Gasteiger partial charge in [-0.2, -0.15) is 0 Å². The Morgan fingerprint density at radius 1 is 1.30 bits per heavy atom. The molecule has 0 aliphatic heterocycles. The number of fused-ring (bicyclic) bond motifs is 1. The predicted octanol–water partition coefficient (Wildman–Crippen LogP) is 2.58. The summed E-state index contributed by atoms with van der Waals surface area (Å²) in [6.07, 6.45) is 4.36. The normalized spacial score (nSPS) is 29.4. The number of benzene rings is 1. The summed E-state index contributed by atoms with van der Waals surface area (Å²) in [6, 6.07) is 7.78. The lowest BCUT2D eigenvalue weighted by Gasteiger charge is -2.14. The Morgan fingerprint density at radius 3 is 2.60 bits per heavy atom. The van der Waals surface area contributed by atoms with Gasteiger partial charge in [0.1, 0.15) is 0 Å². The SMILES string of the molecule is Cc1ccccc1C(O)CNC(=O)C1C2CCCCC21. The number of rotatable bonds is 4. The first-order chi connectivity index (χ1) is 9.68. The smallest absolute Gasteiger partial charge is 0.223 e. The van der Waals surface area contributed by atoms with Crippen LogP contribution in [0.25, 0.3) is 0 Å². The molecule has 1 aromatic rings. The van der Waals surface area contributed by atoms with E-state index < -0.39 is 6.10 Å². The van der Waals surface area contributed by atoms with Crippen LogP contribution in [0.3, 0.4) is 0 Å². The summed E-state index contributed by atoms with van der Waals surface area (Å²) >= 11 is 0. The number of aliphatic hydroxyl groups is 1. The van der Waals surface area contributed by atoms with Gasteiger partial charge in [0.05, 0.1) is 6.10 Å². The van der Waals surface area contributed by atoms with Crippen molar-refractivity contribution in [2.45, 2.75) is 38.7 Å². The molecule has 3 heteroatoms. The molecule has 0 saturated heterocycles. The van der Waals surface area contributed by atoms with E-state index in [4.69, 9.17) is 0 Å². The predicted molar refractivity (Wildman–Crippen MR) is 78.1 cm³/mol. The van der Waals surface area contributed by atoms with E-state index in [1.807, 2.05) is 31.2 Å². The molecule has 1 amide bonds. The Balaban J connectivity index is 1.52. The van der Waals surface area contributed by atoms with Crippen LogP contribution in [-0.4, -0.2) is 17.6 Å². The third-order valence-corrected chi connectivity index (χ3v) is 4.98. The fourth-order valence-corrected chi connectivity index (χ4v) is 3.77. The largest absolute Gasteiger partial charge is 0.387 e. The molecule has 3 rings (SSSR count). The van der Waals surface area contributed by atoms with Gasteiger partial charge >= 0.3 is 0 Å². The highest BCUT2D eigenvalue weighted by atomic mass is 16.3. The van der Waals surface area contributed by atoms with Gasteiger partial charge in [0.15, 0.2) is 0 Å². The molecule has 3 unspecified atom stereocenters. The van der Waals surface area contributed by atoms with Crippen molar-refractivity contribution in [2.75, 3.05) is 6.54 Å². The first kappa shape index (κ1) is 13.6. The van der Waals surface area contributed by atoms with Gasteiger partial charge in [0.25, 0.3) is 0 Å². The highest BCUT2D eigenvalue weighted by Crippen LogP contribution is 2.55. The number of carbonyl (C=O) groups is 1. The molecule has 0 bridgehead atoms. The van der Waals surface area contributed by atoms with Gasteiger partial charge in [0.2, 0.25) is 5.91 Å². The fourth-order valence-electron chi connectivity index (χ4n) is 3.77. The Hall–Kier alpha value is -1.35. The van der Waals surface area contributed by atoms with E-state index in [2.05, 4.69) is 5.32 Å². The topological polar surface area (TPSA) is 49.3 Å². The van der Waals surface area contributed by atoms with Crippen molar-refractivity contribution in [2.24, 2.45) is 17.8 Å². The van der Waals surface area contributed by atoms with Gasteiger partial charge in [-0.25, -0.2) is 0 Å². The summed E-state index contributed by atoms with van der Waals surface area (Å²) in [5.74, 6) is 1.62. The third-order valence-electron chi connectivity index (χ3n) is 4.98. The van der Waals surface area contributed by atoms with E-state index >= 15 is 0 Å². The average Bonchev–Trinajstić information content (AvgIpc) is 3.19. The van der Waals surface area contributed by atoms with E-state index in [9.17, 15) is 9.90 Å². The van der Waals surface area contributed by atoms with Crippen molar-refractivity contribution in [3.05, 3.63) is 35.4 Å². The minimum absolute atomic E-state index is 0.148. The summed E-state index contributed by atoms with van der Waals surface area (Å²) in [5, 5.41) is 13.1. The van der Waals surface area contributed by atoms with Crippen LogP contribution in [0.4, 0.5) is 0 Å². The molecule has 2 saturated carbocycles. The maximum Gasteiger partial charge on any atom is 0.223 e. The molecule has 3 atom stereocenters. The van der Waals surface area contributed by atoms with Gasteiger partial charge in [-0.3, -0.25) is 4.79 Å². The minimum atomic E-state index is -0.610. The molecule has 2 fully saturated rings. The first-order valence-corrected chi connectivity index (χ1v) is 7.70. The monoisotopic (exact) mass is 273 g/mol. The van der Waals surface area contributed by atoms with Gasteiger partial charge < -0.3 is 10.4 Å². The highest BCUT2D eigenvalue weighted by Gasteiger charge is 2.54. The molecule has 0 radical (unpaired) electrons. The molecule has 0 spiro atoms. The molecule has 0 aromatic heterocycles. The summed E-state index contributed by atoms with van der Waals surface area (Å²) in [7, 11) is 0. The van der Waals surface area contributed by atoms with Crippen molar-refractivity contribution in [1.82, 2.24) is 5.32 Å². The van der Waals surface area contributed by atoms with Crippen LogP contribution in [-0.2, 0) is 4.79 Å². The van der Waals surface area contributed by atoms with Gasteiger partial charge in [-0.1, -0.05) is 37.1 Å². The van der Waals surface area contributed by atoms with Crippen LogP contribution in [0.15, 0.2) is 24.3 Å². The number of hydrogen-bond acceptors (Lipinski definition) is 2. The van der Waals surface area contributed by atoms with Crippen LogP contribution in [0.2, 0.25) is 0 Å². The molecule has 20 heavy (non-hydrogen) atoms. The number of carbonyl (C=O) groups excluding carboxylic acids is 1. The molecule has 108 valence electrons. The van der Waals surface area contributed by atoms with Crippen LogP contribution < -0.4 is 5.32 Å². The van der Waals surface area contributed by atoms with E-state index in [0.29, 0.717) is 18.4 Å². The van der Waals surface area contributed by atoms with Gasteiger partial charge in [-0.05, 0) is 42.7 Å². The van der Waals surface area contributed by atoms with Crippen molar-refractivity contribution in [1.29, 1.82) is 0 Å². The lowest BCUT2D eigenvalue weighted by atomic mass is 10.0. The summed E-state index contributed by atoms with van der Waals surface area (Å²) in [6.45, 7) is 2.30. The summed E-state index contributed by atoms with van der Waals surface area (Å²) in [5.41, 5.74) is 1.97. The molecular weight excluding hydrogens is 250 g/mol. The molecule has 0 heterocycles. The van der Waals surface area contributed by atoms with Gasteiger partial charge in [-0.15, -0.1) is 0 Å². The van der Waals surface area contributed by atoms with E-state index in [1.54, 1.807) is 0 Å². The van der Waals surface area contributed by atoms with Crippen molar-refractivity contribution >= 4 is 5.91 Å². The number of amides is 1. The van der Waals surface area contributed by atoms with E-state index in [1.165, 1.54) is 25.7 Å². The zero-order chi connectivity index (χ0) is 14.1. The number of aryl methyl sites for hydroxylation is 1. The van der Waals surface area contributed by atoms with Crippen LogP contribution >= 0.6 is 0 Å². The number of nitrogens with one attached hydrogen (secondary N) is 1. The van der Waals surface area contributed by atoms with Crippen LogP contribution in [0, 0.1) is 24.7 Å². The standard InChI is InChI=1S/C17H23NO2/c1-11-6-2-3-7-12(11)15(19)10-18-17(20)16-13-8-4-5-9-14(13)16/h2-3,6-7,13-16,19H,4-5,8-10H2,1H3,(H,18,20). The second-order valence-corrected chi connectivity index (χ2v) is 6.26. The molecule has 2 N–H and O–H groups in total. The molecular formula is C17H23NO2. The third kappa shape index (κ3) is 2.59. The first-order valence-electron chi connectivity index (χ1n) is 7.70. The average molecular weight is 273 g/mol. The second-order valence-electron chi connectivity index (χ2n) is 6.26. The lowest BCUT2D eigenvalue weighted by molar-refractivity contribution is -0.123. The maximum absolute atomic E-state index is 12.2. The zero-order valence-corrected chi connectivity index (χ0v) is 12.0. The Labute approximate surface area is 120 Å². The second kappa shape index (κ2) is 5.57. The maximum atomic E-state index is 12.2. The van der Waals surface area contributed by atoms with Crippen molar-refractivity contribution in [3.8, 4) is 0 Å². The Kier molecular flexibility index (Phi) is 3.79. The van der Waals surface area contributed by atoms with Crippen LogP contribution in [0.1, 0.15) is 42.9 Å². The quantitative estimate of drug-likeness (QED) is 0.886. The fraction of sp³-hybridized carbons (Fsp3) is 0.588. The number of hydrogen-bond donors (Lipinski definition) is 2. The molecule has 1 aromatic carbocycles. The van der Waals surface area contributed by atoms with Gasteiger partial charge in [0, 0.05) is 12.5 Å². The molecule has 2 aliphatic carbocycles. The van der Waals surface area contributed by atoms with Crippen molar-refractivity contribution in [3.63, 3.8) is 0 Å². The minimum Gasteiger partial charge on any atom is -0.387 e. The Morgan fingerprint density at radius 2 is 1.95 bits per heavy atom. The van der Waals surface area contributed by atoms with Crippen molar-refractivity contribution < 1.29 is 9.90 Å². The van der Waals surface area contributed by atoms with E-state index in [-0.39, 0.29) is 11.8 Å². The molecule has 2 aliphatic rings. The van der Waals surface area contributed by atoms with E-state index in [0.717, 1.165) is 11.1 Å². The lowest BCUT2D eigenvalue weighted by Crippen LogP contribution is -2.30. The van der Waals surface area contributed by atoms with Crippen LogP contribution in [0.5, 0.6) is 0 Å². The Bertz CT molecular complexity index is 488. The summed E-state index contributed by atoms with van der Waals surface area (Å²) < 4.78 is 0. The summed E-state index contributed by atoms with van der Waals surface area (Å²) in [4.78, 5) is 12.2. The highest BCUT2D eigenvalue weighted by molar-refractivity contribution is 5.82.